The van der Waals surface area contributed by atoms with E-state index < -0.39 is 12.4 Å². The number of benzene rings is 1. The van der Waals surface area contributed by atoms with Gasteiger partial charge in [0.05, 0.1) is 18.2 Å². The minimum Gasteiger partial charge on any atom is -0.406 e. The average Bonchev–Trinajstić information content (AvgIpc) is 3.06. The molecule has 0 saturated heterocycles. The first-order chi connectivity index (χ1) is 15.1. The summed E-state index contributed by atoms with van der Waals surface area (Å²) in [5.74, 6) is -0.775. The van der Waals surface area contributed by atoms with Crippen molar-refractivity contribution in [2.24, 2.45) is 0 Å². The second-order valence-electron chi connectivity index (χ2n) is 7.57. The highest BCUT2D eigenvalue weighted by molar-refractivity contribution is 5.99. The van der Waals surface area contributed by atoms with Crippen molar-refractivity contribution in [2.75, 3.05) is 13.2 Å². The third-order valence-corrected chi connectivity index (χ3v) is 5.32. The lowest BCUT2D eigenvalue weighted by molar-refractivity contribution is -0.274. The zero-order valence-electron chi connectivity index (χ0n) is 17.7. The highest BCUT2D eigenvalue weighted by atomic mass is 19.4. The third-order valence-electron chi connectivity index (χ3n) is 5.32. The molecule has 0 fully saturated rings. The van der Waals surface area contributed by atoms with Gasteiger partial charge in [-0.25, -0.2) is 0 Å². The topological polar surface area (TPSA) is 91.8 Å². The Morgan fingerprint density at radius 3 is 2.75 bits per heavy atom. The number of aryl methyl sites for hydroxylation is 1. The van der Waals surface area contributed by atoms with Gasteiger partial charge >= 0.3 is 6.36 Å². The fourth-order valence-corrected chi connectivity index (χ4v) is 3.65. The van der Waals surface area contributed by atoms with Crippen LogP contribution in [0, 0.1) is 6.92 Å². The number of hydrogen-bond acceptors (Lipinski definition) is 5. The van der Waals surface area contributed by atoms with Gasteiger partial charge in [-0.2, -0.15) is 0 Å². The van der Waals surface area contributed by atoms with E-state index in [2.05, 4.69) is 15.0 Å². The molecule has 1 aliphatic heterocycles. The van der Waals surface area contributed by atoms with E-state index in [0.29, 0.717) is 40.9 Å². The first-order valence-corrected chi connectivity index (χ1v) is 10.1. The lowest BCUT2D eigenvalue weighted by Gasteiger charge is -2.25. The molecule has 1 aromatic carbocycles. The second-order valence-corrected chi connectivity index (χ2v) is 7.57. The first-order valence-electron chi connectivity index (χ1n) is 10.1. The van der Waals surface area contributed by atoms with Gasteiger partial charge in [0.25, 0.3) is 5.91 Å². The molecular formula is C22H24F3N3O4. The SMILES string of the molecule is Cc1cc(C(C)N2Cc3c(ccnc3CC(=O)NCCCO)C2=O)ccc1OC(F)(F)F. The maximum Gasteiger partial charge on any atom is 0.573 e. The van der Waals surface area contributed by atoms with Crippen molar-refractivity contribution in [3.05, 3.63) is 58.4 Å². The summed E-state index contributed by atoms with van der Waals surface area (Å²) in [7, 11) is 0. The molecule has 2 amide bonds. The molecule has 0 aliphatic carbocycles. The molecule has 10 heteroatoms. The number of rotatable bonds is 8. The number of amides is 2. The summed E-state index contributed by atoms with van der Waals surface area (Å²) in [4.78, 5) is 31.0. The largest absolute Gasteiger partial charge is 0.573 e. The molecule has 32 heavy (non-hydrogen) atoms. The van der Waals surface area contributed by atoms with Crippen LogP contribution in [0.3, 0.4) is 0 Å². The Hall–Kier alpha value is -3.14. The fourth-order valence-electron chi connectivity index (χ4n) is 3.65. The molecule has 2 N–H and O–H groups in total. The monoisotopic (exact) mass is 451 g/mol. The number of aliphatic hydroxyl groups is 1. The van der Waals surface area contributed by atoms with Crippen molar-refractivity contribution >= 4 is 11.8 Å². The average molecular weight is 451 g/mol. The number of aromatic nitrogens is 1. The molecule has 1 atom stereocenters. The zero-order valence-corrected chi connectivity index (χ0v) is 17.7. The van der Waals surface area contributed by atoms with E-state index in [1.54, 1.807) is 24.0 Å². The molecule has 7 nitrogen and oxygen atoms in total. The number of hydrogen-bond donors (Lipinski definition) is 2. The predicted molar refractivity (Wildman–Crippen MR) is 109 cm³/mol. The number of halogens is 3. The van der Waals surface area contributed by atoms with E-state index in [0.717, 1.165) is 0 Å². The lowest BCUT2D eigenvalue weighted by Crippen LogP contribution is -2.28. The maximum absolute atomic E-state index is 13.0. The quantitative estimate of drug-likeness (QED) is 0.602. The minimum atomic E-state index is -4.78. The highest BCUT2D eigenvalue weighted by Gasteiger charge is 2.35. The van der Waals surface area contributed by atoms with Gasteiger partial charge in [-0.15, -0.1) is 13.2 Å². The maximum atomic E-state index is 13.0. The van der Waals surface area contributed by atoms with E-state index in [1.165, 1.54) is 25.3 Å². The number of nitrogens with one attached hydrogen (secondary N) is 1. The number of carbonyl (C=O) groups is 2. The Morgan fingerprint density at radius 2 is 2.09 bits per heavy atom. The summed E-state index contributed by atoms with van der Waals surface area (Å²) in [5, 5.41) is 11.5. The van der Waals surface area contributed by atoms with Gasteiger partial charge in [-0.3, -0.25) is 14.6 Å². The van der Waals surface area contributed by atoms with Crippen LogP contribution in [-0.4, -0.2) is 46.3 Å². The zero-order chi connectivity index (χ0) is 23.5. The number of pyridine rings is 1. The molecule has 1 aromatic heterocycles. The van der Waals surface area contributed by atoms with Gasteiger partial charge in [0, 0.05) is 37.0 Å². The van der Waals surface area contributed by atoms with Crippen LogP contribution >= 0.6 is 0 Å². The van der Waals surface area contributed by atoms with Crippen LogP contribution in [-0.2, 0) is 17.8 Å². The number of ether oxygens (including phenoxy) is 1. The molecule has 1 aliphatic rings. The van der Waals surface area contributed by atoms with Crippen molar-refractivity contribution in [1.29, 1.82) is 0 Å². The summed E-state index contributed by atoms with van der Waals surface area (Å²) < 4.78 is 41.6. The van der Waals surface area contributed by atoms with Crippen molar-refractivity contribution in [1.82, 2.24) is 15.2 Å². The van der Waals surface area contributed by atoms with Crippen LogP contribution in [0.25, 0.3) is 0 Å². The molecule has 3 rings (SSSR count). The van der Waals surface area contributed by atoms with Crippen LogP contribution < -0.4 is 10.1 Å². The lowest BCUT2D eigenvalue weighted by atomic mass is 10.0. The first kappa shape index (κ1) is 23.5. The van der Waals surface area contributed by atoms with E-state index in [4.69, 9.17) is 5.11 Å². The van der Waals surface area contributed by atoms with Crippen molar-refractivity contribution in [3.63, 3.8) is 0 Å². The van der Waals surface area contributed by atoms with Crippen molar-refractivity contribution < 1.29 is 32.6 Å². The van der Waals surface area contributed by atoms with Gasteiger partial charge in [-0.05, 0) is 43.5 Å². The van der Waals surface area contributed by atoms with Gasteiger partial charge < -0.3 is 20.1 Å². The van der Waals surface area contributed by atoms with E-state index in [9.17, 15) is 22.8 Å². The molecule has 2 heterocycles. The van der Waals surface area contributed by atoms with Crippen molar-refractivity contribution in [2.45, 2.75) is 45.6 Å². The Labute approximate surface area is 183 Å². The molecule has 172 valence electrons. The number of aliphatic hydroxyl groups excluding tert-OH is 1. The normalized spacial score (nSPS) is 14.3. The Bertz CT molecular complexity index is 1010. The summed E-state index contributed by atoms with van der Waals surface area (Å²) in [5.41, 5.74) is 2.58. The second kappa shape index (κ2) is 9.56. The molecule has 0 bridgehead atoms. The van der Waals surface area contributed by atoms with Crippen LogP contribution in [0.1, 0.15) is 52.1 Å². The Balaban J connectivity index is 1.76. The number of alkyl halides is 3. The number of carbonyl (C=O) groups excluding carboxylic acids is 2. The molecule has 0 saturated carbocycles. The van der Waals surface area contributed by atoms with Gasteiger partial charge in [0.15, 0.2) is 0 Å². The van der Waals surface area contributed by atoms with E-state index in [1.807, 2.05) is 0 Å². The molecule has 1 unspecified atom stereocenters. The van der Waals surface area contributed by atoms with Crippen LogP contribution in [0.5, 0.6) is 5.75 Å². The standard InChI is InChI=1S/C22H24F3N3O4/c1-13-10-15(4-5-19(13)32-22(23,24)25)14(2)28-12-17-16(21(28)31)6-8-26-18(17)11-20(30)27-7-3-9-29/h4-6,8,10,14,29H,3,7,9,11-12H2,1-2H3,(H,27,30). The summed E-state index contributed by atoms with van der Waals surface area (Å²) in [6, 6.07) is 5.49. The number of fused-ring (bicyclic) bond motifs is 1. The molecule has 0 radical (unpaired) electrons. The summed E-state index contributed by atoms with van der Waals surface area (Å²) >= 11 is 0. The Kier molecular flexibility index (Phi) is 7.02. The predicted octanol–water partition coefficient (Wildman–Crippen LogP) is 3.05. The van der Waals surface area contributed by atoms with E-state index in [-0.39, 0.29) is 37.1 Å². The van der Waals surface area contributed by atoms with Gasteiger partial charge in [0.1, 0.15) is 5.75 Å². The highest BCUT2D eigenvalue weighted by Crippen LogP contribution is 2.34. The van der Waals surface area contributed by atoms with E-state index >= 15 is 0 Å². The van der Waals surface area contributed by atoms with Gasteiger partial charge in [-0.1, -0.05) is 12.1 Å². The summed E-state index contributed by atoms with van der Waals surface area (Å²) in [6.07, 6.45) is -2.85. The minimum absolute atomic E-state index is 0.00664. The third kappa shape index (κ3) is 5.37. The molecular weight excluding hydrogens is 427 g/mol. The van der Waals surface area contributed by atoms with Crippen molar-refractivity contribution in [3.8, 4) is 5.75 Å². The van der Waals surface area contributed by atoms with Gasteiger partial charge in [0.2, 0.25) is 5.91 Å². The van der Waals surface area contributed by atoms with Crippen LogP contribution in [0.15, 0.2) is 30.5 Å². The summed E-state index contributed by atoms with van der Waals surface area (Å²) in [6.45, 7) is 3.86. The fraction of sp³-hybridized carbons (Fsp3) is 0.409. The molecule has 0 spiro atoms. The molecule has 2 aromatic rings. The Morgan fingerprint density at radius 1 is 1.34 bits per heavy atom. The van der Waals surface area contributed by atoms with Crippen LogP contribution in [0.4, 0.5) is 13.2 Å². The smallest absolute Gasteiger partial charge is 0.406 e. The van der Waals surface area contributed by atoms with Crippen LogP contribution in [0.2, 0.25) is 0 Å². The number of nitrogens with zero attached hydrogens (tertiary/aromatic N) is 2.